The summed E-state index contributed by atoms with van der Waals surface area (Å²) < 4.78 is 0. The Kier molecular flexibility index (Phi) is 11.9. The standard InChI is InChI=1S/C20H26N4O2.2ClH/c1-3-24(4-2)14-13-22-19(25)15-9-11-16(12-10-15)23-20(26)17-7-5-6-8-18(17)21;;/h5-12H,3-4,13-14,21H2,1-2H3,(H,22,25)(H,23,26);2*1H. The van der Waals surface area contributed by atoms with Crippen LogP contribution in [-0.2, 0) is 0 Å². The van der Waals surface area contributed by atoms with Crippen LogP contribution >= 0.6 is 24.8 Å². The highest BCUT2D eigenvalue weighted by Gasteiger charge is 2.10. The van der Waals surface area contributed by atoms with Crippen molar-refractivity contribution >= 4 is 48.0 Å². The second-order valence-electron chi connectivity index (χ2n) is 5.90. The van der Waals surface area contributed by atoms with E-state index in [1.165, 1.54) is 0 Å². The number of amides is 2. The van der Waals surface area contributed by atoms with Crippen molar-refractivity contribution in [3.63, 3.8) is 0 Å². The van der Waals surface area contributed by atoms with Crippen molar-refractivity contribution in [2.24, 2.45) is 0 Å². The van der Waals surface area contributed by atoms with Crippen molar-refractivity contribution in [2.75, 3.05) is 37.2 Å². The maximum Gasteiger partial charge on any atom is 0.257 e. The van der Waals surface area contributed by atoms with Crippen molar-refractivity contribution in [1.82, 2.24) is 10.2 Å². The van der Waals surface area contributed by atoms with Crippen LogP contribution < -0.4 is 16.4 Å². The number of hydrogen-bond acceptors (Lipinski definition) is 4. The summed E-state index contributed by atoms with van der Waals surface area (Å²) in [5, 5.41) is 5.69. The molecule has 0 unspecified atom stereocenters. The van der Waals surface area contributed by atoms with Gasteiger partial charge in [-0.05, 0) is 49.5 Å². The molecule has 0 aliphatic carbocycles. The summed E-state index contributed by atoms with van der Waals surface area (Å²) in [5.74, 6) is -0.401. The van der Waals surface area contributed by atoms with E-state index < -0.39 is 0 Å². The molecule has 2 amide bonds. The number of nitrogens with zero attached hydrogens (tertiary/aromatic N) is 1. The zero-order valence-electron chi connectivity index (χ0n) is 16.1. The Labute approximate surface area is 178 Å². The Bertz CT molecular complexity index is 750. The molecule has 2 rings (SSSR count). The van der Waals surface area contributed by atoms with E-state index in [0.717, 1.165) is 19.6 Å². The second kappa shape index (κ2) is 13.0. The molecule has 0 radical (unpaired) electrons. The summed E-state index contributed by atoms with van der Waals surface area (Å²) in [6.45, 7) is 7.56. The predicted octanol–water partition coefficient (Wildman–Crippen LogP) is 3.44. The van der Waals surface area contributed by atoms with Gasteiger partial charge in [-0.2, -0.15) is 0 Å². The van der Waals surface area contributed by atoms with Crippen LogP contribution in [0.3, 0.4) is 0 Å². The van der Waals surface area contributed by atoms with Crippen molar-refractivity contribution < 1.29 is 9.59 Å². The summed E-state index contributed by atoms with van der Waals surface area (Å²) in [6.07, 6.45) is 0. The molecule has 2 aromatic rings. The van der Waals surface area contributed by atoms with Gasteiger partial charge < -0.3 is 21.3 Å². The lowest BCUT2D eigenvalue weighted by atomic mass is 10.1. The van der Waals surface area contributed by atoms with Crippen LogP contribution in [0.5, 0.6) is 0 Å². The molecule has 0 bridgehead atoms. The number of anilines is 2. The fraction of sp³-hybridized carbons (Fsp3) is 0.300. The normalized spacial score (nSPS) is 9.82. The van der Waals surface area contributed by atoms with Crippen LogP contribution in [0, 0.1) is 0 Å². The van der Waals surface area contributed by atoms with Gasteiger partial charge in [0.15, 0.2) is 0 Å². The number of nitrogen functional groups attached to an aromatic ring is 1. The number of para-hydroxylation sites is 1. The lowest BCUT2D eigenvalue weighted by Crippen LogP contribution is -2.34. The molecule has 28 heavy (non-hydrogen) atoms. The van der Waals surface area contributed by atoms with Gasteiger partial charge in [0.1, 0.15) is 0 Å². The van der Waals surface area contributed by atoms with E-state index in [1.807, 2.05) is 0 Å². The summed E-state index contributed by atoms with van der Waals surface area (Å²) >= 11 is 0. The molecule has 0 spiro atoms. The topological polar surface area (TPSA) is 87.5 Å². The number of carbonyl (C=O) groups is 2. The second-order valence-corrected chi connectivity index (χ2v) is 5.90. The van der Waals surface area contributed by atoms with Crippen molar-refractivity contribution in [3.8, 4) is 0 Å². The Hall–Kier alpha value is -2.28. The fourth-order valence-corrected chi connectivity index (χ4v) is 2.58. The zero-order chi connectivity index (χ0) is 18.9. The Morgan fingerprint density at radius 2 is 1.54 bits per heavy atom. The highest BCUT2D eigenvalue weighted by Crippen LogP contribution is 2.15. The molecular weight excluding hydrogens is 399 g/mol. The van der Waals surface area contributed by atoms with Gasteiger partial charge in [0.25, 0.3) is 11.8 Å². The SMILES string of the molecule is CCN(CC)CCNC(=O)c1ccc(NC(=O)c2ccccc2N)cc1.Cl.Cl. The van der Waals surface area contributed by atoms with Gasteiger partial charge in [-0.15, -0.1) is 24.8 Å². The third-order valence-corrected chi connectivity index (χ3v) is 4.22. The van der Waals surface area contributed by atoms with Crippen molar-refractivity contribution in [1.29, 1.82) is 0 Å². The third kappa shape index (κ3) is 7.38. The first-order chi connectivity index (χ1) is 12.5. The largest absolute Gasteiger partial charge is 0.398 e. The van der Waals surface area contributed by atoms with Crippen LogP contribution in [0.4, 0.5) is 11.4 Å². The molecule has 8 heteroatoms. The average Bonchev–Trinajstić information content (AvgIpc) is 2.66. The molecule has 0 aliphatic heterocycles. The predicted molar refractivity (Wildman–Crippen MR) is 120 cm³/mol. The van der Waals surface area contributed by atoms with E-state index in [1.54, 1.807) is 48.5 Å². The van der Waals surface area contributed by atoms with Crippen molar-refractivity contribution in [2.45, 2.75) is 13.8 Å². The molecular formula is C20H28Cl2N4O2. The number of likely N-dealkylation sites (N-methyl/N-ethyl adjacent to an activating group) is 1. The van der Waals surface area contributed by atoms with Crippen LogP contribution in [-0.4, -0.2) is 42.9 Å². The lowest BCUT2D eigenvalue weighted by Gasteiger charge is -2.18. The number of nitrogens with one attached hydrogen (secondary N) is 2. The lowest BCUT2D eigenvalue weighted by molar-refractivity contribution is 0.0948. The van der Waals surface area contributed by atoms with Gasteiger partial charge >= 0.3 is 0 Å². The first-order valence-corrected chi connectivity index (χ1v) is 8.81. The highest BCUT2D eigenvalue weighted by molar-refractivity contribution is 6.07. The molecule has 0 aromatic heterocycles. The van der Waals surface area contributed by atoms with Crippen LogP contribution in [0.2, 0.25) is 0 Å². The molecule has 0 saturated heterocycles. The first kappa shape index (κ1) is 25.7. The number of carbonyl (C=O) groups excluding carboxylic acids is 2. The summed E-state index contributed by atoms with van der Waals surface area (Å²) in [4.78, 5) is 26.7. The van der Waals surface area contributed by atoms with Gasteiger partial charge in [0.05, 0.1) is 5.56 Å². The number of benzene rings is 2. The maximum absolute atomic E-state index is 12.2. The van der Waals surface area contributed by atoms with E-state index in [2.05, 4.69) is 29.4 Å². The molecule has 4 N–H and O–H groups in total. The molecule has 154 valence electrons. The minimum Gasteiger partial charge on any atom is -0.398 e. The summed E-state index contributed by atoms with van der Waals surface area (Å²) in [7, 11) is 0. The number of rotatable bonds is 8. The smallest absolute Gasteiger partial charge is 0.257 e. The molecule has 0 atom stereocenters. The quantitative estimate of drug-likeness (QED) is 0.564. The van der Waals surface area contributed by atoms with Gasteiger partial charge in [0.2, 0.25) is 0 Å². The van der Waals surface area contributed by atoms with Crippen LogP contribution in [0.15, 0.2) is 48.5 Å². The number of halogens is 2. The molecule has 6 nitrogen and oxygen atoms in total. The average molecular weight is 427 g/mol. The van der Waals surface area contributed by atoms with E-state index in [0.29, 0.717) is 29.0 Å². The molecule has 0 heterocycles. The third-order valence-electron chi connectivity index (χ3n) is 4.22. The van der Waals surface area contributed by atoms with E-state index >= 15 is 0 Å². The molecule has 0 aliphatic rings. The fourth-order valence-electron chi connectivity index (χ4n) is 2.58. The first-order valence-electron chi connectivity index (χ1n) is 8.81. The molecule has 0 saturated carbocycles. The summed E-state index contributed by atoms with van der Waals surface area (Å²) in [6, 6.07) is 13.7. The number of hydrogen-bond donors (Lipinski definition) is 3. The zero-order valence-corrected chi connectivity index (χ0v) is 17.7. The number of nitrogens with two attached hydrogens (primary N) is 1. The van der Waals surface area contributed by atoms with Gasteiger partial charge in [0, 0.05) is 30.0 Å². The van der Waals surface area contributed by atoms with Gasteiger partial charge in [-0.1, -0.05) is 26.0 Å². The van der Waals surface area contributed by atoms with E-state index in [-0.39, 0.29) is 36.6 Å². The van der Waals surface area contributed by atoms with E-state index in [9.17, 15) is 9.59 Å². The molecule has 2 aromatic carbocycles. The summed E-state index contributed by atoms with van der Waals surface area (Å²) in [5.41, 5.74) is 7.82. The van der Waals surface area contributed by atoms with Gasteiger partial charge in [-0.3, -0.25) is 9.59 Å². The Morgan fingerprint density at radius 1 is 0.929 bits per heavy atom. The highest BCUT2D eigenvalue weighted by atomic mass is 35.5. The van der Waals surface area contributed by atoms with E-state index in [4.69, 9.17) is 5.73 Å². The molecule has 0 fully saturated rings. The monoisotopic (exact) mass is 426 g/mol. The van der Waals surface area contributed by atoms with Crippen molar-refractivity contribution in [3.05, 3.63) is 59.7 Å². The minimum absolute atomic E-state index is 0. The minimum atomic E-state index is -0.278. The van der Waals surface area contributed by atoms with Gasteiger partial charge in [-0.25, -0.2) is 0 Å². The Morgan fingerprint density at radius 3 is 2.11 bits per heavy atom. The maximum atomic E-state index is 12.2. The van der Waals surface area contributed by atoms with Crippen LogP contribution in [0.1, 0.15) is 34.6 Å². The Balaban J connectivity index is 0.00000364. The van der Waals surface area contributed by atoms with Crippen LogP contribution in [0.25, 0.3) is 0 Å².